The van der Waals surface area contributed by atoms with Gasteiger partial charge in [0.1, 0.15) is 17.3 Å². The second-order valence-corrected chi connectivity index (χ2v) is 6.28. The predicted molar refractivity (Wildman–Crippen MR) is 96.0 cm³/mol. The summed E-state index contributed by atoms with van der Waals surface area (Å²) < 4.78 is 39.4. The zero-order chi connectivity index (χ0) is 20.3. The molecule has 0 aliphatic carbocycles. The minimum atomic E-state index is -4.59. The van der Waals surface area contributed by atoms with E-state index in [1.54, 1.807) is 11.8 Å². The third-order valence-corrected chi connectivity index (χ3v) is 4.33. The van der Waals surface area contributed by atoms with Crippen LogP contribution >= 0.6 is 0 Å². The molecule has 1 N–H and O–H groups in total. The molecule has 28 heavy (non-hydrogen) atoms. The number of piperazine rings is 1. The summed E-state index contributed by atoms with van der Waals surface area (Å²) in [4.78, 5) is 35.2. The molecule has 0 radical (unpaired) electrons. The number of hydrogen-bond donors (Lipinski definition) is 1. The maximum Gasteiger partial charge on any atom is 0.418 e. The molecule has 1 aromatic heterocycles. The Kier molecular flexibility index (Phi) is 5.48. The molecule has 3 rings (SSSR count). The van der Waals surface area contributed by atoms with Crippen molar-refractivity contribution >= 4 is 23.8 Å². The number of aromatic nitrogens is 2. The normalized spacial score (nSPS) is 14.7. The van der Waals surface area contributed by atoms with E-state index in [1.807, 2.05) is 4.90 Å². The van der Waals surface area contributed by atoms with Crippen molar-refractivity contribution in [3.05, 3.63) is 47.4 Å². The molecule has 148 valence electrons. The van der Waals surface area contributed by atoms with Gasteiger partial charge in [-0.1, -0.05) is 12.1 Å². The van der Waals surface area contributed by atoms with E-state index in [0.29, 0.717) is 37.8 Å². The molecule has 1 aliphatic rings. The smallest absolute Gasteiger partial charge is 0.353 e. The topological polar surface area (TPSA) is 78.4 Å². The third kappa shape index (κ3) is 4.38. The minimum Gasteiger partial charge on any atom is -0.353 e. The van der Waals surface area contributed by atoms with Crippen LogP contribution in [0.15, 0.2) is 30.3 Å². The van der Waals surface area contributed by atoms with Crippen molar-refractivity contribution in [3.8, 4) is 0 Å². The largest absolute Gasteiger partial charge is 0.418 e. The fraction of sp³-hybridized carbons (Fsp3) is 0.333. The van der Waals surface area contributed by atoms with Crippen LogP contribution in [0.4, 0.5) is 24.7 Å². The summed E-state index contributed by atoms with van der Waals surface area (Å²) >= 11 is 0. The zero-order valence-corrected chi connectivity index (χ0v) is 15.0. The number of nitrogens with one attached hydrogen (secondary N) is 1. The average molecular weight is 393 g/mol. The Morgan fingerprint density at radius 3 is 2.46 bits per heavy atom. The molecule has 0 saturated carbocycles. The monoisotopic (exact) mass is 393 g/mol. The van der Waals surface area contributed by atoms with Gasteiger partial charge in [0.05, 0.1) is 11.3 Å². The second kappa shape index (κ2) is 7.83. The first-order chi connectivity index (χ1) is 13.3. The fourth-order valence-electron chi connectivity index (χ4n) is 2.91. The number of carbonyl (C=O) groups is 2. The van der Waals surface area contributed by atoms with Crippen LogP contribution in [0.2, 0.25) is 0 Å². The predicted octanol–water partition coefficient (Wildman–Crippen LogP) is 2.33. The van der Waals surface area contributed by atoms with Crippen LogP contribution in [0.25, 0.3) is 0 Å². The lowest BCUT2D eigenvalue weighted by molar-refractivity contribution is -0.136. The number of nitrogens with zero attached hydrogens (tertiary/aromatic N) is 4. The van der Waals surface area contributed by atoms with E-state index in [-0.39, 0.29) is 11.4 Å². The van der Waals surface area contributed by atoms with Crippen molar-refractivity contribution in [1.82, 2.24) is 14.9 Å². The minimum absolute atomic E-state index is 0.0303. The summed E-state index contributed by atoms with van der Waals surface area (Å²) in [7, 11) is 0. The van der Waals surface area contributed by atoms with Crippen molar-refractivity contribution in [2.75, 3.05) is 36.4 Å². The molecular formula is C18H18F3N5O2. The van der Waals surface area contributed by atoms with E-state index in [0.717, 1.165) is 12.5 Å². The first-order valence-corrected chi connectivity index (χ1v) is 8.55. The molecule has 2 heterocycles. The van der Waals surface area contributed by atoms with Gasteiger partial charge >= 0.3 is 6.18 Å². The Morgan fingerprint density at radius 2 is 1.82 bits per heavy atom. The molecule has 7 nitrogen and oxygen atoms in total. The van der Waals surface area contributed by atoms with Gasteiger partial charge in [0.25, 0.3) is 5.91 Å². The molecule has 0 bridgehead atoms. The van der Waals surface area contributed by atoms with Crippen molar-refractivity contribution in [1.29, 1.82) is 0 Å². The highest BCUT2D eigenvalue weighted by Gasteiger charge is 2.33. The van der Waals surface area contributed by atoms with Crippen LogP contribution in [0.5, 0.6) is 0 Å². The number of alkyl halides is 3. The van der Waals surface area contributed by atoms with E-state index in [2.05, 4.69) is 15.3 Å². The molecular weight excluding hydrogens is 375 g/mol. The van der Waals surface area contributed by atoms with E-state index < -0.39 is 17.6 Å². The first-order valence-electron chi connectivity index (χ1n) is 8.55. The molecule has 10 heteroatoms. The quantitative estimate of drug-likeness (QED) is 0.807. The Morgan fingerprint density at radius 1 is 1.14 bits per heavy atom. The number of benzene rings is 1. The number of hydrogen-bond acceptors (Lipinski definition) is 5. The highest BCUT2D eigenvalue weighted by atomic mass is 19.4. The number of anilines is 2. The molecule has 0 unspecified atom stereocenters. The van der Waals surface area contributed by atoms with Crippen molar-refractivity contribution in [2.24, 2.45) is 0 Å². The molecule has 0 spiro atoms. The lowest BCUT2D eigenvalue weighted by Gasteiger charge is -2.33. The zero-order valence-electron chi connectivity index (χ0n) is 15.0. The van der Waals surface area contributed by atoms with Gasteiger partial charge in [-0.05, 0) is 19.1 Å². The number of halogens is 3. The van der Waals surface area contributed by atoms with Crippen LogP contribution in [0.3, 0.4) is 0 Å². The van der Waals surface area contributed by atoms with Crippen molar-refractivity contribution < 1.29 is 22.8 Å². The summed E-state index contributed by atoms with van der Waals surface area (Å²) in [5.74, 6) is 0.0619. The van der Waals surface area contributed by atoms with Crippen LogP contribution in [-0.4, -0.2) is 53.4 Å². The van der Waals surface area contributed by atoms with Gasteiger partial charge in [0.2, 0.25) is 6.41 Å². The molecule has 2 amide bonds. The van der Waals surface area contributed by atoms with E-state index in [1.165, 1.54) is 24.3 Å². The standard InChI is InChI=1S/C18H18F3N5O2/c1-12-22-15(10-16(23-12)26-8-6-25(11-27)7-9-26)17(28)24-14-5-3-2-4-13(14)18(19,20)21/h2-5,10-11H,6-9H2,1H3,(H,24,28). The van der Waals surface area contributed by atoms with Gasteiger partial charge in [-0.2, -0.15) is 13.2 Å². The lowest BCUT2D eigenvalue weighted by Crippen LogP contribution is -2.46. The van der Waals surface area contributed by atoms with Crippen molar-refractivity contribution in [3.63, 3.8) is 0 Å². The maximum absolute atomic E-state index is 13.1. The van der Waals surface area contributed by atoms with Gasteiger partial charge in [-0.15, -0.1) is 0 Å². The van der Waals surface area contributed by atoms with Gasteiger partial charge < -0.3 is 15.1 Å². The Hall–Kier alpha value is -3.17. The number of aryl methyl sites for hydroxylation is 1. The highest BCUT2D eigenvalue weighted by molar-refractivity contribution is 6.03. The van der Waals surface area contributed by atoms with Gasteiger partial charge in [-0.3, -0.25) is 9.59 Å². The summed E-state index contributed by atoms with van der Waals surface area (Å²) in [5.41, 5.74) is -1.30. The molecule has 0 atom stereocenters. The molecule has 1 saturated heterocycles. The van der Waals surface area contributed by atoms with Gasteiger partial charge in [0, 0.05) is 32.2 Å². The number of para-hydroxylation sites is 1. The summed E-state index contributed by atoms with van der Waals surface area (Å²) in [6.07, 6.45) is -3.81. The number of rotatable bonds is 4. The van der Waals surface area contributed by atoms with Crippen LogP contribution in [0.1, 0.15) is 21.9 Å². The molecule has 1 aromatic carbocycles. The van der Waals surface area contributed by atoms with E-state index >= 15 is 0 Å². The fourth-order valence-corrected chi connectivity index (χ4v) is 2.91. The first kappa shape index (κ1) is 19.6. The van der Waals surface area contributed by atoms with Crippen LogP contribution < -0.4 is 10.2 Å². The highest BCUT2D eigenvalue weighted by Crippen LogP contribution is 2.34. The Balaban J connectivity index is 1.82. The maximum atomic E-state index is 13.1. The lowest BCUT2D eigenvalue weighted by atomic mass is 10.1. The number of carbonyl (C=O) groups excluding carboxylic acids is 2. The van der Waals surface area contributed by atoms with Gasteiger partial charge in [-0.25, -0.2) is 9.97 Å². The number of amides is 2. The summed E-state index contributed by atoms with van der Waals surface area (Å²) in [5, 5.41) is 2.28. The van der Waals surface area contributed by atoms with E-state index in [4.69, 9.17) is 0 Å². The van der Waals surface area contributed by atoms with Crippen LogP contribution in [0, 0.1) is 6.92 Å². The molecule has 1 aliphatic heterocycles. The average Bonchev–Trinajstić information content (AvgIpc) is 2.67. The Bertz CT molecular complexity index is 880. The second-order valence-electron chi connectivity index (χ2n) is 6.28. The van der Waals surface area contributed by atoms with Crippen molar-refractivity contribution in [2.45, 2.75) is 13.1 Å². The third-order valence-electron chi connectivity index (χ3n) is 4.33. The summed E-state index contributed by atoms with van der Waals surface area (Å²) in [6, 6.07) is 6.20. The molecule has 2 aromatic rings. The van der Waals surface area contributed by atoms with E-state index in [9.17, 15) is 22.8 Å². The Labute approximate surface area is 159 Å². The van der Waals surface area contributed by atoms with Crippen LogP contribution in [-0.2, 0) is 11.0 Å². The SMILES string of the molecule is Cc1nc(C(=O)Nc2ccccc2C(F)(F)F)cc(N2CCN(C=O)CC2)n1. The summed E-state index contributed by atoms with van der Waals surface area (Å²) in [6.45, 7) is 3.71. The molecule has 1 fully saturated rings. The van der Waals surface area contributed by atoms with Gasteiger partial charge in [0.15, 0.2) is 0 Å².